The van der Waals surface area contributed by atoms with Gasteiger partial charge in [0.1, 0.15) is 0 Å². The molecule has 0 aromatic rings. The molecule has 1 rings (SSSR count). The van der Waals surface area contributed by atoms with Crippen molar-refractivity contribution in [3.8, 4) is 0 Å². The zero-order valence-electron chi connectivity index (χ0n) is 11.1. The summed E-state index contributed by atoms with van der Waals surface area (Å²) in [6, 6.07) is 0. The molecule has 0 atom stereocenters. The van der Waals surface area contributed by atoms with Gasteiger partial charge in [0.15, 0.2) is 0 Å². The van der Waals surface area contributed by atoms with Gasteiger partial charge in [-0.25, -0.2) is 0 Å². The molecule has 1 fully saturated rings. The third kappa shape index (κ3) is 5.82. The Bertz CT molecular complexity index is 182. The third-order valence-electron chi connectivity index (χ3n) is 3.41. The normalized spacial score (nSPS) is 19.4. The topological polar surface area (TPSA) is 53.7 Å². The zero-order valence-corrected chi connectivity index (χ0v) is 11.1. The van der Waals surface area contributed by atoms with Crippen molar-refractivity contribution < 1.29 is 14.2 Å². The summed E-state index contributed by atoms with van der Waals surface area (Å²) >= 11 is 0. The molecule has 2 N–H and O–H groups in total. The second-order valence-electron chi connectivity index (χ2n) is 4.75. The summed E-state index contributed by atoms with van der Waals surface area (Å²) < 4.78 is 16.4. The quantitative estimate of drug-likeness (QED) is 0.628. The Labute approximate surface area is 105 Å². The molecule has 1 aliphatic carbocycles. The molecule has 4 heteroatoms. The van der Waals surface area contributed by atoms with Gasteiger partial charge >= 0.3 is 0 Å². The Hall–Kier alpha value is -0.160. The van der Waals surface area contributed by atoms with Crippen LogP contribution in [0, 0.1) is 0 Å². The molecule has 1 aliphatic rings. The highest BCUT2D eigenvalue weighted by atomic mass is 16.5. The van der Waals surface area contributed by atoms with Crippen molar-refractivity contribution in [2.45, 2.75) is 44.1 Å². The number of rotatable bonds is 9. The van der Waals surface area contributed by atoms with Crippen molar-refractivity contribution in [2.75, 3.05) is 40.1 Å². The minimum Gasteiger partial charge on any atom is -0.385 e. The molecule has 4 nitrogen and oxygen atoms in total. The Morgan fingerprint density at radius 2 is 1.76 bits per heavy atom. The van der Waals surface area contributed by atoms with Gasteiger partial charge in [0.2, 0.25) is 0 Å². The highest BCUT2D eigenvalue weighted by molar-refractivity contribution is 4.85. The lowest BCUT2D eigenvalue weighted by atomic mass is 9.85. The number of methoxy groups -OCH3 is 1. The van der Waals surface area contributed by atoms with Gasteiger partial charge in [-0.15, -0.1) is 0 Å². The molecule has 0 bridgehead atoms. The van der Waals surface area contributed by atoms with Gasteiger partial charge in [0, 0.05) is 26.9 Å². The second kappa shape index (κ2) is 8.86. The van der Waals surface area contributed by atoms with Crippen molar-refractivity contribution in [1.82, 2.24) is 0 Å². The minimum absolute atomic E-state index is 0.0614. The van der Waals surface area contributed by atoms with Crippen LogP contribution in [0.2, 0.25) is 0 Å². The first-order valence-corrected chi connectivity index (χ1v) is 6.74. The Balaban J connectivity index is 2.03. The molecule has 1 saturated carbocycles. The smallest absolute Gasteiger partial charge is 0.0805 e. The summed E-state index contributed by atoms with van der Waals surface area (Å²) in [6.45, 7) is 3.45. The Morgan fingerprint density at radius 1 is 1.00 bits per heavy atom. The highest BCUT2D eigenvalue weighted by Crippen LogP contribution is 2.30. The van der Waals surface area contributed by atoms with Crippen LogP contribution in [0.15, 0.2) is 0 Å². The summed E-state index contributed by atoms with van der Waals surface area (Å²) in [4.78, 5) is 0. The van der Waals surface area contributed by atoms with Crippen LogP contribution >= 0.6 is 0 Å². The zero-order chi connectivity index (χ0) is 12.4. The number of hydrogen-bond donors (Lipinski definition) is 1. The predicted octanol–water partition coefficient (Wildman–Crippen LogP) is 1.72. The first-order valence-electron chi connectivity index (χ1n) is 6.74. The van der Waals surface area contributed by atoms with Gasteiger partial charge in [0.05, 0.1) is 18.8 Å². The molecule has 0 aromatic carbocycles. The molecule has 0 aliphatic heterocycles. The third-order valence-corrected chi connectivity index (χ3v) is 3.41. The number of ether oxygens (including phenoxy) is 3. The van der Waals surface area contributed by atoms with Crippen LogP contribution in [0.1, 0.15) is 38.5 Å². The van der Waals surface area contributed by atoms with E-state index < -0.39 is 0 Å². The van der Waals surface area contributed by atoms with Gasteiger partial charge in [-0.1, -0.05) is 19.3 Å². The van der Waals surface area contributed by atoms with Crippen molar-refractivity contribution in [1.29, 1.82) is 0 Å². The minimum atomic E-state index is -0.0614. The summed E-state index contributed by atoms with van der Waals surface area (Å²) in [7, 11) is 1.71. The van der Waals surface area contributed by atoms with Crippen LogP contribution < -0.4 is 5.73 Å². The fourth-order valence-corrected chi connectivity index (χ4v) is 2.33. The van der Waals surface area contributed by atoms with Gasteiger partial charge in [-0.05, 0) is 19.3 Å². The highest BCUT2D eigenvalue weighted by Gasteiger charge is 2.31. The lowest BCUT2D eigenvalue weighted by Gasteiger charge is -2.36. The van der Waals surface area contributed by atoms with E-state index in [1.807, 2.05) is 0 Å². The van der Waals surface area contributed by atoms with E-state index in [0.717, 1.165) is 32.5 Å². The van der Waals surface area contributed by atoms with E-state index >= 15 is 0 Å². The summed E-state index contributed by atoms with van der Waals surface area (Å²) in [5, 5.41) is 0. The molecule has 17 heavy (non-hydrogen) atoms. The van der Waals surface area contributed by atoms with E-state index in [2.05, 4.69) is 0 Å². The largest absolute Gasteiger partial charge is 0.385 e. The first-order chi connectivity index (χ1) is 8.33. The molecule has 0 unspecified atom stereocenters. The van der Waals surface area contributed by atoms with Crippen molar-refractivity contribution in [3.05, 3.63) is 0 Å². The Kier molecular flexibility index (Phi) is 7.77. The molecule has 0 amide bonds. The maximum atomic E-state index is 5.95. The number of nitrogens with two attached hydrogens (primary N) is 1. The average Bonchev–Trinajstić information content (AvgIpc) is 2.39. The van der Waals surface area contributed by atoms with E-state index in [9.17, 15) is 0 Å². The van der Waals surface area contributed by atoms with Crippen molar-refractivity contribution in [3.63, 3.8) is 0 Å². The molecule has 0 radical (unpaired) electrons. The van der Waals surface area contributed by atoms with Crippen LogP contribution in [0.25, 0.3) is 0 Å². The van der Waals surface area contributed by atoms with Gasteiger partial charge in [-0.3, -0.25) is 0 Å². The van der Waals surface area contributed by atoms with Gasteiger partial charge < -0.3 is 19.9 Å². The molecule has 102 valence electrons. The fraction of sp³-hybridized carbons (Fsp3) is 1.00. The van der Waals surface area contributed by atoms with Crippen LogP contribution in [0.5, 0.6) is 0 Å². The van der Waals surface area contributed by atoms with Crippen molar-refractivity contribution >= 4 is 0 Å². The van der Waals surface area contributed by atoms with Crippen LogP contribution in [-0.4, -0.2) is 45.7 Å². The van der Waals surface area contributed by atoms with Gasteiger partial charge in [-0.2, -0.15) is 0 Å². The lowest BCUT2D eigenvalue weighted by Crippen LogP contribution is -2.43. The number of hydrogen-bond acceptors (Lipinski definition) is 4. The standard InChI is InChI=1S/C13H27NO3/c1-15-8-5-9-16-10-11-17-13(12-14)6-3-2-4-7-13/h2-12,14H2,1H3. The van der Waals surface area contributed by atoms with E-state index in [1.165, 1.54) is 19.3 Å². The Morgan fingerprint density at radius 3 is 2.41 bits per heavy atom. The summed E-state index contributed by atoms with van der Waals surface area (Å²) in [5.41, 5.74) is 5.77. The molecule has 0 saturated heterocycles. The van der Waals surface area contributed by atoms with E-state index in [4.69, 9.17) is 19.9 Å². The lowest BCUT2D eigenvalue weighted by molar-refractivity contribution is -0.0823. The average molecular weight is 245 g/mol. The SMILES string of the molecule is COCCCOCCOC1(CN)CCCCC1. The molecule has 0 aromatic heterocycles. The van der Waals surface area contributed by atoms with E-state index in [0.29, 0.717) is 19.8 Å². The summed E-state index contributed by atoms with van der Waals surface area (Å²) in [5.74, 6) is 0. The molecule has 0 heterocycles. The first kappa shape index (κ1) is 14.9. The maximum absolute atomic E-state index is 5.95. The molecular formula is C13H27NO3. The summed E-state index contributed by atoms with van der Waals surface area (Å²) in [6.07, 6.45) is 6.95. The van der Waals surface area contributed by atoms with E-state index in [1.54, 1.807) is 7.11 Å². The fourth-order valence-electron chi connectivity index (χ4n) is 2.33. The predicted molar refractivity (Wildman–Crippen MR) is 68.1 cm³/mol. The van der Waals surface area contributed by atoms with Crippen LogP contribution in [0.4, 0.5) is 0 Å². The van der Waals surface area contributed by atoms with Crippen LogP contribution in [0.3, 0.4) is 0 Å². The van der Waals surface area contributed by atoms with Gasteiger partial charge in [0.25, 0.3) is 0 Å². The maximum Gasteiger partial charge on any atom is 0.0805 e. The second-order valence-corrected chi connectivity index (χ2v) is 4.75. The van der Waals surface area contributed by atoms with Crippen molar-refractivity contribution in [2.24, 2.45) is 5.73 Å². The molecule has 0 spiro atoms. The van der Waals surface area contributed by atoms with E-state index in [-0.39, 0.29) is 5.60 Å². The monoisotopic (exact) mass is 245 g/mol. The molecular weight excluding hydrogens is 218 g/mol. The van der Waals surface area contributed by atoms with Crippen LogP contribution in [-0.2, 0) is 14.2 Å².